The van der Waals surface area contributed by atoms with Gasteiger partial charge in [-0.1, -0.05) is 26.7 Å². The fraction of sp³-hybridized carbons (Fsp3) is 0.619. The van der Waals surface area contributed by atoms with Gasteiger partial charge in [0.15, 0.2) is 6.10 Å². The molecule has 1 saturated carbocycles. The number of hydrogen-bond acceptors (Lipinski definition) is 6. The van der Waals surface area contributed by atoms with Crippen LogP contribution in [0.5, 0.6) is 0 Å². The second-order valence-corrected chi connectivity index (χ2v) is 9.36. The van der Waals surface area contributed by atoms with Gasteiger partial charge in [-0.3, -0.25) is 19.0 Å². The van der Waals surface area contributed by atoms with Gasteiger partial charge in [0.25, 0.3) is 11.5 Å². The van der Waals surface area contributed by atoms with E-state index < -0.39 is 12.1 Å². The molecule has 158 valence electrons. The highest BCUT2D eigenvalue weighted by Crippen LogP contribution is 2.29. The van der Waals surface area contributed by atoms with E-state index in [0.29, 0.717) is 22.1 Å². The van der Waals surface area contributed by atoms with Crippen molar-refractivity contribution in [2.24, 2.45) is 11.8 Å². The molecule has 0 bridgehead atoms. The summed E-state index contributed by atoms with van der Waals surface area (Å²) in [5.41, 5.74) is 0.615. The van der Waals surface area contributed by atoms with Gasteiger partial charge in [-0.15, -0.1) is 11.3 Å². The van der Waals surface area contributed by atoms with Gasteiger partial charge >= 0.3 is 5.97 Å². The first-order valence-electron chi connectivity index (χ1n) is 10.1. The van der Waals surface area contributed by atoms with Crippen molar-refractivity contribution >= 4 is 33.4 Å². The lowest BCUT2D eigenvalue weighted by atomic mass is 9.78. The number of ether oxygens (including phenoxy) is 1. The van der Waals surface area contributed by atoms with Crippen LogP contribution in [-0.2, 0) is 20.9 Å². The number of nitrogens with zero attached hydrogens (tertiary/aromatic N) is 2. The average molecular weight is 420 g/mol. The minimum absolute atomic E-state index is 0.103. The summed E-state index contributed by atoms with van der Waals surface area (Å²) in [6, 6.07) is 0.103. The number of fused-ring (bicyclic) bond motifs is 1. The van der Waals surface area contributed by atoms with E-state index in [9.17, 15) is 14.4 Å². The molecule has 0 spiro atoms. The van der Waals surface area contributed by atoms with E-state index in [4.69, 9.17) is 4.74 Å². The first kappa shape index (κ1) is 21.5. The van der Waals surface area contributed by atoms with Gasteiger partial charge in [0.05, 0.1) is 11.7 Å². The summed E-state index contributed by atoms with van der Waals surface area (Å²) >= 11 is 1.46. The fourth-order valence-electron chi connectivity index (χ4n) is 3.90. The molecular weight excluding hydrogens is 390 g/mol. The molecule has 29 heavy (non-hydrogen) atoms. The zero-order valence-electron chi connectivity index (χ0n) is 17.7. The van der Waals surface area contributed by atoms with Crippen LogP contribution < -0.4 is 10.9 Å². The molecule has 8 heteroatoms. The maximum Gasteiger partial charge on any atom is 0.326 e. The molecule has 2 aromatic heterocycles. The fourth-order valence-corrected chi connectivity index (χ4v) is 4.88. The summed E-state index contributed by atoms with van der Waals surface area (Å²) in [6.07, 6.45) is 3.65. The van der Waals surface area contributed by atoms with Crippen LogP contribution >= 0.6 is 11.3 Å². The second-order valence-electron chi connectivity index (χ2n) is 8.16. The highest BCUT2D eigenvalue weighted by atomic mass is 32.1. The largest absolute Gasteiger partial charge is 0.451 e. The summed E-state index contributed by atoms with van der Waals surface area (Å²) in [6.45, 7) is 9.44. The molecule has 1 aliphatic rings. The van der Waals surface area contributed by atoms with Crippen LogP contribution in [-0.4, -0.2) is 33.6 Å². The number of carbonyl (C=O) groups is 2. The Hall–Kier alpha value is -2.22. The Bertz CT molecular complexity index is 980. The van der Waals surface area contributed by atoms with Crippen molar-refractivity contribution in [1.82, 2.24) is 14.9 Å². The van der Waals surface area contributed by atoms with Crippen molar-refractivity contribution < 1.29 is 14.3 Å². The molecule has 7 nitrogen and oxygen atoms in total. The first-order chi connectivity index (χ1) is 13.7. The molecule has 4 atom stereocenters. The average Bonchev–Trinajstić information content (AvgIpc) is 2.96. The molecule has 0 unspecified atom stereocenters. The van der Waals surface area contributed by atoms with Crippen molar-refractivity contribution in [3.63, 3.8) is 0 Å². The number of aryl methyl sites for hydroxylation is 2. The lowest BCUT2D eigenvalue weighted by molar-refractivity contribution is -0.155. The number of hydrogen-bond donors (Lipinski definition) is 1. The van der Waals surface area contributed by atoms with Gasteiger partial charge in [0.1, 0.15) is 11.4 Å². The number of rotatable bonds is 5. The predicted octanol–water partition coefficient (Wildman–Crippen LogP) is 2.95. The Kier molecular flexibility index (Phi) is 6.41. The van der Waals surface area contributed by atoms with Crippen molar-refractivity contribution in [3.8, 4) is 0 Å². The van der Waals surface area contributed by atoms with E-state index in [2.05, 4.69) is 24.1 Å². The van der Waals surface area contributed by atoms with Gasteiger partial charge in [-0.25, -0.2) is 4.98 Å². The third-order valence-corrected chi connectivity index (χ3v) is 7.28. The van der Waals surface area contributed by atoms with Crippen molar-refractivity contribution in [1.29, 1.82) is 0 Å². The monoisotopic (exact) mass is 419 g/mol. The van der Waals surface area contributed by atoms with E-state index in [-0.39, 0.29) is 24.1 Å². The first-order valence-corrected chi connectivity index (χ1v) is 11.0. The standard InChI is InChI=1S/C21H29N3O4S/c1-11-7-6-8-16(12(11)2)23-19(26)14(4)28-17(25)9-24-10-22-20-18(21(24)27)13(3)15(5)29-20/h10-12,14,16H,6-9H2,1-5H3,(H,23,26)/t11-,12-,14+,16-/m0/s1. The predicted molar refractivity (Wildman–Crippen MR) is 113 cm³/mol. The van der Waals surface area contributed by atoms with Crippen LogP contribution in [0, 0.1) is 25.7 Å². The van der Waals surface area contributed by atoms with Crippen LogP contribution in [0.1, 0.15) is 50.5 Å². The molecule has 1 aliphatic carbocycles. The number of aromatic nitrogens is 2. The molecule has 0 saturated heterocycles. The quantitative estimate of drug-likeness (QED) is 0.753. The highest BCUT2D eigenvalue weighted by Gasteiger charge is 2.30. The minimum Gasteiger partial charge on any atom is -0.451 e. The van der Waals surface area contributed by atoms with Gasteiger partial charge < -0.3 is 10.1 Å². The summed E-state index contributed by atoms with van der Waals surface area (Å²) in [4.78, 5) is 43.5. The third-order valence-electron chi connectivity index (χ3n) is 6.17. The Morgan fingerprint density at radius 3 is 2.79 bits per heavy atom. The topological polar surface area (TPSA) is 90.3 Å². The molecule has 0 aromatic carbocycles. The van der Waals surface area contributed by atoms with Crippen molar-refractivity contribution in [2.45, 2.75) is 72.6 Å². The van der Waals surface area contributed by atoms with Gasteiger partial charge in [-0.2, -0.15) is 0 Å². The Morgan fingerprint density at radius 2 is 2.07 bits per heavy atom. The molecule has 3 rings (SSSR count). The summed E-state index contributed by atoms with van der Waals surface area (Å²) in [5.74, 6) is 0.0229. The van der Waals surface area contributed by atoms with Crippen molar-refractivity contribution in [2.75, 3.05) is 0 Å². The number of carbonyl (C=O) groups excluding carboxylic acids is 2. The normalized spacial score (nSPS) is 23.0. The van der Waals surface area contributed by atoms with Crippen LogP contribution in [0.4, 0.5) is 0 Å². The molecule has 1 amide bonds. The molecular formula is C21H29N3O4S. The smallest absolute Gasteiger partial charge is 0.326 e. The van der Waals surface area contributed by atoms with Crippen molar-refractivity contribution in [3.05, 3.63) is 27.1 Å². The van der Waals surface area contributed by atoms with Crippen LogP contribution in [0.2, 0.25) is 0 Å². The van der Waals surface area contributed by atoms with Crippen LogP contribution in [0.25, 0.3) is 10.2 Å². The molecule has 2 heterocycles. The second kappa shape index (κ2) is 8.65. The molecule has 0 aliphatic heterocycles. The number of nitrogens with one attached hydrogen (secondary N) is 1. The Balaban J connectivity index is 1.62. The van der Waals surface area contributed by atoms with Gasteiger partial charge in [0.2, 0.25) is 0 Å². The van der Waals surface area contributed by atoms with E-state index in [1.807, 2.05) is 13.8 Å². The molecule has 1 N–H and O–H groups in total. The van der Waals surface area contributed by atoms with Gasteiger partial charge in [0, 0.05) is 10.9 Å². The maximum absolute atomic E-state index is 12.7. The molecule has 0 radical (unpaired) electrons. The Morgan fingerprint density at radius 1 is 1.34 bits per heavy atom. The van der Waals surface area contributed by atoms with E-state index in [1.165, 1.54) is 28.7 Å². The number of amides is 1. The van der Waals surface area contributed by atoms with E-state index in [1.54, 1.807) is 6.92 Å². The third kappa shape index (κ3) is 4.52. The Labute approximate surface area is 174 Å². The maximum atomic E-state index is 12.7. The van der Waals surface area contributed by atoms with E-state index in [0.717, 1.165) is 23.3 Å². The lowest BCUT2D eigenvalue weighted by Gasteiger charge is -2.35. The summed E-state index contributed by atoms with van der Waals surface area (Å²) in [5, 5.41) is 3.55. The summed E-state index contributed by atoms with van der Waals surface area (Å²) < 4.78 is 6.52. The van der Waals surface area contributed by atoms with Crippen LogP contribution in [0.3, 0.4) is 0 Å². The van der Waals surface area contributed by atoms with Gasteiger partial charge in [-0.05, 0) is 44.6 Å². The molecule has 2 aromatic rings. The molecule has 1 fully saturated rings. The SMILES string of the molecule is Cc1sc2ncn(CC(=O)O[C@H](C)C(=O)N[C@H]3CCC[C@H](C)[C@@H]3C)c(=O)c2c1C. The van der Waals surface area contributed by atoms with E-state index >= 15 is 0 Å². The number of thiophene rings is 1. The lowest BCUT2D eigenvalue weighted by Crippen LogP contribution is -2.47. The zero-order valence-corrected chi connectivity index (χ0v) is 18.5. The minimum atomic E-state index is -0.913. The zero-order chi connectivity index (χ0) is 21.3. The highest BCUT2D eigenvalue weighted by molar-refractivity contribution is 7.18. The number of esters is 1. The van der Waals surface area contributed by atoms with Crippen LogP contribution in [0.15, 0.2) is 11.1 Å². The summed E-state index contributed by atoms with van der Waals surface area (Å²) in [7, 11) is 0.